The summed E-state index contributed by atoms with van der Waals surface area (Å²) in [5.41, 5.74) is 7.16. The first-order valence-corrected chi connectivity index (χ1v) is 3.96. The van der Waals surface area contributed by atoms with Gasteiger partial charge in [-0.15, -0.1) is 0 Å². The first-order valence-electron chi connectivity index (χ1n) is 3.96. The maximum Gasteiger partial charge on any atom is 0.0997 e. The fraction of sp³-hybridized carbons (Fsp3) is 0.250. The van der Waals surface area contributed by atoms with Crippen LogP contribution < -0.4 is 5.73 Å². The van der Waals surface area contributed by atoms with E-state index in [-0.39, 0.29) is 6.61 Å². The molecule has 2 rings (SSSR count). The van der Waals surface area contributed by atoms with Crippen LogP contribution in [0.15, 0.2) is 24.9 Å². The molecule has 0 aliphatic heterocycles. The molecule has 1 atom stereocenters. The van der Waals surface area contributed by atoms with E-state index in [1.54, 1.807) is 24.9 Å². The molecule has 0 aliphatic rings. The van der Waals surface area contributed by atoms with Crippen LogP contribution in [0.2, 0.25) is 0 Å². The Hall–Kier alpha value is -1.46. The number of aliphatic hydroxyl groups is 1. The predicted molar refractivity (Wildman–Crippen MR) is 47.0 cm³/mol. The number of nitrogens with zero attached hydrogens (tertiary/aromatic N) is 3. The lowest BCUT2D eigenvalue weighted by molar-refractivity contribution is 0.267. The summed E-state index contributed by atoms with van der Waals surface area (Å²) in [5.74, 6) is 0. The van der Waals surface area contributed by atoms with Crippen molar-refractivity contribution in [3.63, 3.8) is 0 Å². The van der Waals surface area contributed by atoms with Crippen LogP contribution in [-0.4, -0.2) is 26.1 Å². The molecule has 0 aromatic carbocycles. The third kappa shape index (κ3) is 1.28. The Morgan fingerprint density at radius 1 is 1.62 bits per heavy atom. The molecule has 3 N–H and O–H groups in total. The number of hydrogen-bond donors (Lipinski definition) is 2. The van der Waals surface area contributed by atoms with Crippen molar-refractivity contribution in [1.29, 1.82) is 0 Å². The average Bonchev–Trinajstić information content (AvgIpc) is 2.60. The minimum absolute atomic E-state index is 0.110. The first kappa shape index (κ1) is 8.15. The highest BCUT2D eigenvalue weighted by Gasteiger charge is 2.11. The highest BCUT2D eigenvalue weighted by Crippen LogP contribution is 2.13. The molecule has 0 aliphatic carbocycles. The molecule has 0 bridgehead atoms. The SMILES string of the molecule is NC(CO)c1ncn2ccncc12. The van der Waals surface area contributed by atoms with Gasteiger partial charge in [0.15, 0.2) is 0 Å². The molecule has 2 aromatic heterocycles. The van der Waals surface area contributed by atoms with E-state index < -0.39 is 6.04 Å². The van der Waals surface area contributed by atoms with Gasteiger partial charge < -0.3 is 15.2 Å². The van der Waals surface area contributed by atoms with Crippen LogP contribution in [-0.2, 0) is 0 Å². The topological polar surface area (TPSA) is 76.4 Å². The fourth-order valence-corrected chi connectivity index (χ4v) is 1.23. The van der Waals surface area contributed by atoms with Crippen LogP contribution in [0.5, 0.6) is 0 Å². The van der Waals surface area contributed by atoms with Crippen LogP contribution in [0.1, 0.15) is 11.7 Å². The molecule has 0 fully saturated rings. The lowest BCUT2D eigenvalue weighted by atomic mass is 10.2. The van der Waals surface area contributed by atoms with Crippen LogP contribution in [0, 0.1) is 0 Å². The third-order valence-electron chi connectivity index (χ3n) is 1.92. The van der Waals surface area contributed by atoms with E-state index in [1.807, 2.05) is 4.40 Å². The molecule has 2 aromatic rings. The Morgan fingerprint density at radius 2 is 2.46 bits per heavy atom. The normalized spacial score (nSPS) is 13.4. The van der Waals surface area contributed by atoms with Crippen molar-refractivity contribution in [1.82, 2.24) is 14.4 Å². The molecule has 0 radical (unpaired) electrons. The second-order valence-electron chi connectivity index (χ2n) is 2.79. The molecular weight excluding hydrogens is 168 g/mol. The summed E-state index contributed by atoms with van der Waals surface area (Å²) in [5, 5.41) is 8.87. The fourth-order valence-electron chi connectivity index (χ4n) is 1.23. The van der Waals surface area contributed by atoms with Gasteiger partial charge in [-0.05, 0) is 0 Å². The predicted octanol–water partition coefficient (Wildman–Crippen LogP) is -0.279. The third-order valence-corrected chi connectivity index (χ3v) is 1.92. The van der Waals surface area contributed by atoms with E-state index in [9.17, 15) is 0 Å². The zero-order valence-electron chi connectivity index (χ0n) is 6.96. The van der Waals surface area contributed by atoms with Crippen molar-refractivity contribution >= 4 is 5.52 Å². The van der Waals surface area contributed by atoms with E-state index >= 15 is 0 Å². The van der Waals surface area contributed by atoms with Crippen LogP contribution in [0.3, 0.4) is 0 Å². The number of fused-ring (bicyclic) bond motifs is 1. The van der Waals surface area contributed by atoms with Crippen molar-refractivity contribution in [2.24, 2.45) is 5.73 Å². The summed E-state index contributed by atoms with van der Waals surface area (Å²) in [7, 11) is 0. The van der Waals surface area contributed by atoms with Crippen LogP contribution >= 0.6 is 0 Å². The molecule has 0 spiro atoms. The highest BCUT2D eigenvalue weighted by atomic mass is 16.3. The van der Waals surface area contributed by atoms with Crippen LogP contribution in [0.4, 0.5) is 0 Å². The van der Waals surface area contributed by atoms with E-state index in [1.165, 1.54) is 0 Å². The summed E-state index contributed by atoms with van der Waals surface area (Å²) < 4.78 is 1.82. The molecule has 13 heavy (non-hydrogen) atoms. The van der Waals surface area contributed by atoms with Gasteiger partial charge in [0.1, 0.15) is 0 Å². The van der Waals surface area contributed by atoms with E-state index in [4.69, 9.17) is 10.8 Å². The standard InChI is InChI=1S/C8H10N4O/c9-6(4-13)8-7-3-10-1-2-12(7)5-11-8/h1-3,5-6,13H,4,9H2. The van der Waals surface area contributed by atoms with Gasteiger partial charge in [-0.25, -0.2) is 4.98 Å². The Labute approximate surface area is 74.9 Å². The number of nitrogens with two attached hydrogens (primary N) is 1. The highest BCUT2D eigenvalue weighted by molar-refractivity contribution is 5.51. The number of aliphatic hydroxyl groups excluding tert-OH is 1. The van der Waals surface area contributed by atoms with Crippen LogP contribution in [0.25, 0.3) is 5.52 Å². The zero-order valence-corrected chi connectivity index (χ0v) is 6.96. The second-order valence-corrected chi connectivity index (χ2v) is 2.79. The lowest BCUT2D eigenvalue weighted by Crippen LogP contribution is -2.15. The molecule has 1 unspecified atom stereocenters. The van der Waals surface area contributed by atoms with Gasteiger partial charge in [0, 0.05) is 12.4 Å². The van der Waals surface area contributed by atoms with Crippen molar-refractivity contribution < 1.29 is 5.11 Å². The number of aromatic nitrogens is 3. The molecule has 0 amide bonds. The minimum atomic E-state index is -0.436. The molecule has 5 nitrogen and oxygen atoms in total. The van der Waals surface area contributed by atoms with E-state index in [0.717, 1.165) is 5.52 Å². The second kappa shape index (κ2) is 3.12. The molecule has 2 heterocycles. The average molecular weight is 178 g/mol. The van der Waals surface area contributed by atoms with E-state index in [2.05, 4.69) is 9.97 Å². The van der Waals surface area contributed by atoms with Gasteiger partial charge in [0.25, 0.3) is 0 Å². The van der Waals surface area contributed by atoms with Gasteiger partial charge >= 0.3 is 0 Å². The van der Waals surface area contributed by atoms with Gasteiger partial charge in [0.2, 0.25) is 0 Å². The molecule has 68 valence electrons. The summed E-state index contributed by atoms with van der Waals surface area (Å²) in [6, 6.07) is -0.436. The summed E-state index contributed by atoms with van der Waals surface area (Å²) in [6.45, 7) is -0.110. The van der Waals surface area contributed by atoms with Crippen molar-refractivity contribution in [3.8, 4) is 0 Å². The number of rotatable bonds is 2. The monoisotopic (exact) mass is 178 g/mol. The lowest BCUT2D eigenvalue weighted by Gasteiger charge is -2.03. The van der Waals surface area contributed by atoms with Gasteiger partial charge in [-0.2, -0.15) is 0 Å². The Kier molecular flexibility index (Phi) is 1.96. The van der Waals surface area contributed by atoms with Gasteiger partial charge in [-0.1, -0.05) is 0 Å². The Balaban J connectivity index is 2.57. The maximum atomic E-state index is 8.87. The number of hydrogen-bond acceptors (Lipinski definition) is 4. The summed E-state index contributed by atoms with van der Waals surface area (Å²) in [4.78, 5) is 8.07. The van der Waals surface area contributed by atoms with Crippen molar-refractivity contribution in [3.05, 3.63) is 30.6 Å². The van der Waals surface area contributed by atoms with Crippen molar-refractivity contribution in [2.75, 3.05) is 6.61 Å². The molecule has 5 heteroatoms. The molecule has 0 saturated heterocycles. The smallest absolute Gasteiger partial charge is 0.0997 e. The first-order chi connectivity index (χ1) is 6.33. The zero-order chi connectivity index (χ0) is 9.26. The summed E-state index contributed by atoms with van der Waals surface area (Å²) >= 11 is 0. The van der Waals surface area contributed by atoms with Crippen molar-refractivity contribution in [2.45, 2.75) is 6.04 Å². The largest absolute Gasteiger partial charge is 0.394 e. The van der Waals surface area contributed by atoms with Gasteiger partial charge in [-0.3, -0.25) is 4.98 Å². The van der Waals surface area contributed by atoms with Gasteiger partial charge in [0.05, 0.1) is 36.4 Å². The quantitative estimate of drug-likeness (QED) is 0.663. The number of imidazole rings is 1. The Bertz CT molecular complexity index is 411. The molecule has 0 saturated carbocycles. The van der Waals surface area contributed by atoms with E-state index in [0.29, 0.717) is 5.69 Å². The summed E-state index contributed by atoms with van der Waals surface area (Å²) in [6.07, 6.45) is 6.79. The maximum absolute atomic E-state index is 8.87. The Morgan fingerprint density at radius 3 is 3.23 bits per heavy atom. The minimum Gasteiger partial charge on any atom is -0.394 e. The molecular formula is C8H10N4O.